The molecule has 3 nitrogen and oxygen atoms in total. The third-order valence-electron chi connectivity index (χ3n) is 5.00. The van der Waals surface area contributed by atoms with Gasteiger partial charge in [-0.3, -0.25) is 4.79 Å². The molecule has 0 radical (unpaired) electrons. The predicted octanol–water partition coefficient (Wildman–Crippen LogP) is 6.89. The quantitative estimate of drug-likeness (QED) is 0.389. The summed E-state index contributed by atoms with van der Waals surface area (Å²) in [6.45, 7) is 6.41. The molecular formula is C25H24N2OS. The highest BCUT2D eigenvalue weighted by atomic mass is 32.1. The minimum absolute atomic E-state index is 0.0881. The Bertz CT molecular complexity index is 1120. The number of rotatable bonds is 5. The number of aromatic nitrogens is 1. The van der Waals surface area contributed by atoms with Gasteiger partial charge in [0.1, 0.15) is 4.88 Å². The molecule has 0 aliphatic carbocycles. The lowest BCUT2D eigenvalue weighted by atomic mass is 10.0. The summed E-state index contributed by atoms with van der Waals surface area (Å²) in [6, 6.07) is 20.4. The van der Waals surface area contributed by atoms with Gasteiger partial charge in [-0.05, 0) is 48.2 Å². The van der Waals surface area contributed by atoms with Crippen molar-refractivity contribution >= 4 is 22.9 Å². The number of nitrogens with one attached hydrogen (secondary N) is 1. The Morgan fingerprint density at radius 3 is 2.38 bits per heavy atom. The third kappa shape index (κ3) is 4.03. The number of aryl methyl sites for hydroxylation is 1. The lowest BCUT2D eigenvalue weighted by Crippen LogP contribution is -2.13. The highest BCUT2D eigenvalue weighted by Gasteiger charge is 2.20. The molecule has 0 spiro atoms. The van der Waals surface area contributed by atoms with E-state index in [4.69, 9.17) is 0 Å². The van der Waals surface area contributed by atoms with Crippen LogP contribution in [0, 0.1) is 6.92 Å². The number of benzene rings is 2. The van der Waals surface area contributed by atoms with Crippen LogP contribution in [0.25, 0.3) is 16.8 Å². The van der Waals surface area contributed by atoms with E-state index in [0.717, 1.165) is 22.5 Å². The summed E-state index contributed by atoms with van der Waals surface area (Å²) in [6.07, 6.45) is 3.96. The Morgan fingerprint density at radius 2 is 1.72 bits per heavy atom. The molecule has 4 heteroatoms. The Labute approximate surface area is 175 Å². The molecule has 0 aliphatic rings. The Morgan fingerprint density at radius 1 is 1.00 bits per heavy atom. The van der Waals surface area contributed by atoms with Crippen molar-refractivity contribution in [3.05, 3.63) is 94.4 Å². The summed E-state index contributed by atoms with van der Waals surface area (Å²) in [4.78, 5) is 13.8. The average molecular weight is 401 g/mol. The molecule has 1 N–H and O–H groups in total. The van der Waals surface area contributed by atoms with Gasteiger partial charge < -0.3 is 9.88 Å². The van der Waals surface area contributed by atoms with E-state index in [1.54, 1.807) is 0 Å². The Balaban J connectivity index is 1.71. The fourth-order valence-electron chi connectivity index (χ4n) is 3.41. The van der Waals surface area contributed by atoms with Crippen molar-refractivity contribution in [1.82, 2.24) is 4.57 Å². The van der Waals surface area contributed by atoms with Crippen LogP contribution in [0.1, 0.15) is 40.6 Å². The van der Waals surface area contributed by atoms with Gasteiger partial charge in [0.2, 0.25) is 0 Å². The lowest BCUT2D eigenvalue weighted by molar-refractivity contribution is 0.103. The van der Waals surface area contributed by atoms with Crippen LogP contribution in [0.4, 0.5) is 5.69 Å². The highest BCUT2D eigenvalue weighted by Crippen LogP contribution is 2.36. The number of carbonyl (C=O) groups excluding carboxylic acids is 1. The number of carbonyl (C=O) groups is 1. The Kier molecular flexibility index (Phi) is 5.36. The number of thiophene rings is 1. The maximum Gasteiger partial charge on any atom is 0.267 e. The average Bonchev–Trinajstić information content (AvgIpc) is 3.38. The molecule has 0 saturated carbocycles. The monoisotopic (exact) mass is 400 g/mol. The van der Waals surface area contributed by atoms with E-state index in [-0.39, 0.29) is 5.91 Å². The first-order chi connectivity index (χ1) is 14.0. The minimum Gasteiger partial charge on any atom is -0.322 e. The zero-order chi connectivity index (χ0) is 20.4. The molecule has 0 atom stereocenters. The van der Waals surface area contributed by atoms with Gasteiger partial charge in [0, 0.05) is 29.0 Å². The molecule has 0 unspecified atom stereocenters. The highest BCUT2D eigenvalue weighted by molar-refractivity contribution is 7.13. The Hall–Kier alpha value is -3.11. The van der Waals surface area contributed by atoms with E-state index in [1.807, 2.05) is 41.2 Å². The molecule has 2 aromatic carbocycles. The molecule has 4 rings (SSSR count). The summed E-state index contributed by atoms with van der Waals surface area (Å²) in [5.74, 6) is 0.379. The van der Waals surface area contributed by atoms with Crippen molar-refractivity contribution in [3.8, 4) is 16.8 Å². The van der Waals surface area contributed by atoms with Gasteiger partial charge in [0.25, 0.3) is 5.91 Å². The van der Waals surface area contributed by atoms with E-state index in [0.29, 0.717) is 10.8 Å². The second-order valence-electron chi connectivity index (χ2n) is 7.52. The maximum atomic E-state index is 13.1. The molecule has 4 aromatic rings. The summed E-state index contributed by atoms with van der Waals surface area (Å²) >= 11 is 1.48. The number of hydrogen-bond acceptors (Lipinski definition) is 2. The first-order valence-corrected chi connectivity index (χ1v) is 10.6. The van der Waals surface area contributed by atoms with Gasteiger partial charge in [0.15, 0.2) is 0 Å². The molecule has 146 valence electrons. The summed E-state index contributed by atoms with van der Waals surface area (Å²) in [7, 11) is 0. The first-order valence-electron chi connectivity index (χ1n) is 9.76. The van der Waals surface area contributed by atoms with Gasteiger partial charge >= 0.3 is 0 Å². The summed E-state index contributed by atoms with van der Waals surface area (Å²) in [5, 5.41) is 5.13. The van der Waals surface area contributed by atoms with Gasteiger partial charge in [-0.15, -0.1) is 11.3 Å². The van der Waals surface area contributed by atoms with E-state index in [1.165, 1.54) is 22.5 Å². The van der Waals surface area contributed by atoms with Crippen LogP contribution in [0.3, 0.4) is 0 Å². The van der Waals surface area contributed by atoms with Crippen molar-refractivity contribution in [3.63, 3.8) is 0 Å². The largest absolute Gasteiger partial charge is 0.322 e. The van der Waals surface area contributed by atoms with Crippen LogP contribution in [0.5, 0.6) is 0 Å². The van der Waals surface area contributed by atoms with Gasteiger partial charge in [-0.25, -0.2) is 0 Å². The van der Waals surface area contributed by atoms with Crippen molar-refractivity contribution < 1.29 is 4.79 Å². The molecule has 0 saturated heterocycles. The zero-order valence-electron chi connectivity index (χ0n) is 16.8. The second kappa shape index (κ2) is 8.10. The molecule has 0 aliphatic heterocycles. The zero-order valence-corrected chi connectivity index (χ0v) is 17.7. The van der Waals surface area contributed by atoms with Crippen molar-refractivity contribution in [2.24, 2.45) is 0 Å². The molecule has 0 fully saturated rings. The number of anilines is 1. The van der Waals surface area contributed by atoms with Gasteiger partial charge in [-0.2, -0.15) is 0 Å². The fraction of sp³-hybridized carbons (Fsp3) is 0.160. The SMILES string of the molecule is Cc1cccc(-c2csc(C(=O)Nc3ccc(C(C)C)cc3)c2-n2cccc2)c1. The summed E-state index contributed by atoms with van der Waals surface area (Å²) in [5.41, 5.74) is 6.36. The maximum absolute atomic E-state index is 13.1. The van der Waals surface area contributed by atoms with Crippen LogP contribution in [-0.4, -0.2) is 10.5 Å². The number of nitrogens with zero attached hydrogens (tertiary/aromatic N) is 1. The molecule has 2 heterocycles. The van der Waals surface area contributed by atoms with Crippen molar-refractivity contribution in [2.45, 2.75) is 26.7 Å². The fourth-order valence-corrected chi connectivity index (χ4v) is 4.38. The van der Waals surface area contributed by atoms with Crippen LogP contribution in [0.2, 0.25) is 0 Å². The third-order valence-corrected chi connectivity index (χ3v) is 5.97. The van der Waals surface area contributed by atoms with E-state index < -0.39 is 0 Å². The predicted molar refractivity (Wildman–Crippen MR) is 122 cm³/mol. The molecule has 2 aromatic heterocycles. The number of amides is 1. The van der Waals surface area contributed by atoms with E-state index in [2.05, 4.69) is 67.9 Å². The standard InChI is InChI=1S/C25H24N2OS/c1-17(2)19-9-11-21(12-10-19)26-25(28)24-23(27-13-4-5-14-27)22(16-29-24)20-8-6-7-18(3)15-20/h4-17H,1-3H3,(H,26,28). The van der Waals surface area contributed by atoms with Crippen LogP contribution in [0.15, 0.2) is 78.4 Å². The first kappa shape index (κ1) is 19.2. The van der Waals surface area contributed by atoms with E-state index >= 15 is 0 Å². The van der Waals surface area contributed by atoms with Crippen LogP contribution in [-0.2, 0) is 0 Å². The minimum atomic E-state index is -0.0881. The molecule has 29 heavy (non-hydrogen) atoms. The molecule has 0 bridgehead atoms. The lowest BCUT2D eigenvalue weighted by Gasteiger charge is -2.11. The smallest absolute Gasteiger partial charge is 0.267 e. The normalized spacial score (nSPS) is 11.0. The molecular weight excluding hydrogens is 376 g/mol. The summed E-state index contributed by atoms with van der Waals surface area (Å²) < 4.78 is 2.02. The van der Waals surface area contributed by atoms with Gasteiger partial charge in [-0.1, -0.05) is 55.8 Å². The second-order valence-corrected chi connectivity index (χ2v) is 8.40. The van der Waals surface area contributed by atoms with Crippen LogP contribution >= 0.6 is 11.3 Å². The number of hydrogen-bond donors (Lipinski definition) is 1. The van der Waals surface area contributed by atoms with Crippen molar-refractivity contribution in [2.75, 3.05) is 5.32 Å². The van der Waals surface area contributed by atoms with Crippen LogP contribution < -0.4 is 5.32 Å². The van der Waals surface area contributed by atoms with E-state index in [9.17, 15) is 4.79 Å². The topological polar surface area (TPSA) is 34.0 Å². The molecule has 1 amide bonds. The van der Waals surface area contributed by atoms with Crippen molar-refractivity contribution in [1.29, 1.82) is 0 Å². The van der Waals surface area contributed by atoms with Gasteiger partial charge in [0.05, 0.1) is 5.69 Å².